The Balaban J connectivity index is 1.70. The number of hydrogen-bond acceptors (Lipinski definition) is 5. The molecule has 1 heterocycles. The molecule has 0 radical (unpaired) electrons. The van der Waals surface area contributed by atoms with E-state index >= 15 is 0 Å². The van der Waals surface area contributed by atoms with Gasteiger partial charge in [0.15, 0.2) is 6.10 Å². The van der Waals surface area contributed by atoms with Crippen molar-refractivity contribution in [3.05, 3.63) is 58.4 Å². The van der Waals surface area contributed by atoms with Crippen LogP contribution in [0.5, 0.6) is 17.2 Å². The first kappa shape index (κ1) is 17.7. The third-order valence-corrected chi connectivity index (χ3v) is 3.93. The molecule has 1 fully saturated rings. The average molecular weight is 360 g/mol. The molecule has 1 atom stereocenters. The van der Waals surface area contributed by atoms with Crippen molar-refractivity contribution in [2.75, 3.05) is 6.54 Å². The number of hydrogen-bond donors (Lipinski definition) is 1. The first-order valence-corrected chi connectivity index (χ1v) is 8.19. The molecule has 0 spiro atoms. The Kier molecular flexibility index (Phi) is 5.31. The number of benzene rings is 2. The molecule has 2 aromatic carbocycles. The monoisotopic (exact) mass is 360 g/mol. The van der Waals surface area contributed by atoms with Gasteiger partial charge in [-0.3, -0.25) is 14.9 Å². The molecule has 7 nitrogen and oxygen atoms in total. The number of nitrogens with one attached hydrogen (secondary N) is 1. The van der Waals surface area contributed by atoms with Crippen molar-refractivity contribution in [1.82, 2.24) is 5.32 Å². The van der Waals surface area contributed by atoms with Gasteiger partial charge in [-0.1, -0.05) is 0 Å². The molecule has 3 rings (SSSR count). The normalized spacial score (nSPS) is 17.1. The van der Waals surface area contributed by atoms with E-state index in [1.54, 1.807) is 24.3 Å². The number of nitrogens with zero attached hydrogens (tertiary/aromatic N) is 1. The van der Waals surface area contributed by atoms with Gasteiger partial charge in [0.1, 0.15) is 17.3 Å². The summed E-state index contributed by atoms with van der Waals surface area (Å²) in [5.74, 6) is -0.0853. The lowest BCUT2D eigenvalue weighted by molar-refractivity contribution is -0.385. The van der Waals surface area contributed by atoms with Crippen LogP contribution in [-0.2, 0) is 4.79 Å². The van der Waals surface area contributed by atoms with Crippen LogP contribution >= 0.6 is 0 Å². The van der Waals surface area contributed by atoms with Crippen LogP contribution in [0.15, 0.2) is 42.5 Å². The minimum atomic E-state index is -0.713. The third kappa shape index (κ3) is 4.27. The minimum absolute atomic E-state index is 0.0618. The molecule has 26 heavy (non-hydrogen) atoms. The van der Waals surface area contributed by atoms with Gasteiger partial charge in [0.05, 0.1) is 11.0 Å². The molecule has 0 aliphatic carbocycles. The average Bonchev–Trinajstić information content (AvgIpc) is 2.82. The van der Waals surface area contributed by atoms with Crippen molar-refractivity contribution in [3.8, 4) is 17.2 Å². The third-order valence-electron chi connectivity index (χ3n) is 3.93. The van der Waals surface area contributed by atoms with Gasteiger partial charge in [0.2, 0.25) is 5.75 Å². The van der Waals surface area contributed by atoms with Gasteiger partial charge in [-0.25, -0.2) is 4.39 Å². The second kappa shape index (κ2) is 7.81. The van der Waals surface area contributed by atoms with Crippen molar-refractivity contribution >= 4 is 11.6 Å². The van der Waals surface area contributed by atoms with E-state index in [1.165, 1.54) is 6.07 Å². The van der Waals surface area contributed by atoms with E-state index in [4.69, 9.17) is 9.47 Å². The highest BCUT2D eigenvalue weighted by molar-refractivity contribution is 5.81. The zero-order valence-corrected chi connectivity index (χ0v) is 13.8. The van der Waals surface area contributed by atoms with Crippen LogP contribution in [0.4, 0.5) is 10.1 Å². The van der Waals surface area contributed by atoms with E-state index in [1.807, 2.05) is 0 Å². The number of amides is 1. The zero-order valence-electron chi connectivity index (χ0n) is 13.8. The highest BCUT2D eigenvalue weighted by atomic mass is 19.1. The van der Waals surface area contributed by atoms with E-state index in [-0.39, 0.29) is 11.7 Å². The Morgan fingerprint density at radius 2 is 1.85 bits per heavy atom. The number of rotatable bonds is 5. The van der Waals surface area contributed by atoms with Crippen molar-refractivity contribution in [3.63, 3.8) is 0 Å². The molecule has 2 aromatic rings. The van der Waals surface area contributed by atoms with E-state index in [2.05, 4.69) is 5.32 Å². The lowest BCUT2D eigenvalue weighted by Gasteiger charge is -2.16. The van der Waals surface area contributed by atoms with Gasteiger partial charge in [-0.05, 0) is 55.7 Å². The number of halogens is 1. The SMILES string of the molecule is O=C1NCCCCC1Oc1ccc(Oc2ccc(F)cc2[N+](=O)[O-])cc1. The molecule has 1 unspecified atom stereocenters. The summed E-state index contributed by atoms with van der Waals surface area (Å²) in [6.45, 7) is 0.655. The highest BCUT2D eigenvalue weighted by Gasteiger charge is 2.22. The summed E-state index contributed by atoms with van der Waals surface area (Å²) in [7, 11) is 0. The predicted octanol–water partition coefficient (Wildman–Crippen LogP) is 3.57. The van der Waals surface area contributed by atoms with Crippen molar-refractivity contribution in [1.29, 1.82) is 0 Å². The standard InChI is InChI=1S/C18H17FN2O5/c19-12-4-9-16(15(11-12)21(23)24)25-13-5-7-14(8-6-13)26-17-3-1-2-10-20-18(17)22/h4-9,11,17H,1-3,10H2,(H,20,22). The van der Waals surface area contributed by atoms with Crippen LogP contribution in [0, 0.1) is 15.9 Å². The summed E-state index contributed by atoms with van der Waals surface area (Å²) < 4.78 is 24.3. The number of nitro benzene ring substituents is 1. The van der Waals surface area contributed by atoms with Gasteiger partial charge in [-0.15, -0.1) is 0 Å². The van der Waals surface area contributed by atoms with Gasteiger partial charge < -0.3 is 14.8 Å². The van der Waals surface area contributed by atoms with Gasteiger partial charge in [-0.2, -0.15) is 0 Å². The van der Waals surface area contributed by atoms with E-state index in [0.29, 0.717) is 24.5 Å². The summed E-state index contributed by atoms with van der Waals surface area (Å²) in [6, 6.07) is 9.45. The molecular weight excluding hydrogens is 343 g/mol. The minimum Gasteiger partial charge on any atom is -0.481 e. The Morgan fingerprint density at radius 3 is 2.58 bits per heavy atom. The molecule has 1 N–H and O–H groups in total. The Morgan fingerprint density at radius 1 is 1.12 bits per heavy atom. The molecule has 1 saturated heterocycles. The molecule has 0 saturated carbocycles. The van der Waals surface area contributed by atoms with Crippen LogP contribution in [0.2, 0.25) is 0 Å². The first-order chi connectivity index (χ1) is 12.5. The number of ether oxygens (including phenoxy) is 2. The van der Waals surface area contributed by atoms with Crippen molar-refractivity contribution in [2.45, 2.75) is 25.4 Å². The summed E-state index contributed by atoms with van der Waals surface area (Å²) in [5, 5.41) is 13.8. The van der Waals surface area contributed by atoms with Crippen LogP contribution < -0.4 is 14.8 Å². The van der Waals surface area contributed by atoms with Crippen LogP contribution in [-0.4, -0.2) is 23.5 Å². The van der Waals surface area contributed by atoms with E-state index in [9.17, 15) is 19.3 Å². The molecule has 0 bridgehead atoms. The second-order valence-electron chi connectivity index (χ2n) is 5.84. The molecule has 1 aliphatic rings. The van der Waals surface area contributed by atoms with Crippen LogP contribution in [0.25, 0.3) is 0 Å². The van der Waals surface area contributed by atoms with Gasteiger partial charge in [0, 0.05) is 6.54 Å². The van der Waals surface area contributed by atoms with Gasteiger partial charge in [0.25, 0.3) is 5.91 Å². The van der Waals surface area contributed by atoms with Gasteiger partial charge >= 0.3 is 5.69 Å². The molecule has 1 amide bonds. The fraction of sp³-hybridized carbons (Fsp3) is 0.278. The zero-order chi connectivity index (χ0) is 18.5. The predicted molar refractivity (Wildman–Crippen MR) is 90.8 cm³/mol. The smallest absolute Gasteiger partial charge is 0.314 e. The number of carbonyl (C=O) groups is 1. The summed E-state index contributed by atoms with van der Waals surface area (Å²) in [5.41, 5.74) is -0.458. The Bertz CT molecular complexity index is 810. The largest absolute Gasteiger partial charge is 0.481 e. The molecule has 136 valence electrons. The summed E-state index contributed by atoms with van der Waals surface area (Å²) >= 11 is 0. The topological polar surface area (TPSA) is 90.7 Å². The molecular formula is C18H17FN2O5. The maximum atomic E-state index is 13.2. The Hall–Kier alpha value is -3.16. The molecule has 1 aliphatic heterocycles. The lowest BCUT2D eigenvalue weighted by Crippen LogP contribution is -2.36. The van der Waals surface area contributed by atoms with E-state index in [0.717, 1.165) is 25.0 Å². The van der Waals surface area contributed by atoms with Crippen molar-refractivity contribution in [2.24, 2.45) is 0 Å². The second-order valence-corrected chi connectivity index (χ2v) is 5.84. The molecule has 0 aromatic heterocycles. The van der Waals surface area contributed by atoms with E-state index < -0.39 is 22.5 Å². The summed E-state index contributed by atoms with van der Waals surface area (Å²) in [6.07, 6.45) is 1.93. The lowest BCUT2D eigenvalue weighted by atomic mass is 10.2. The van der Waals surface area contributed by atoms with Crippen molar-refractivity contribution < 1.29 is 23.6 Å². The first-order valence-electron chi connectivity index (χ1n) is 8.19. The fourth-order valence-electron chi connectivity index (χ4n) is 2.62. The van der Waals surface area contributed by atoms with Crippen LogP contribution in [0.1, 0.15) is 19.3 Å². The quantitative estimate of drug-likeness (QED) is 0.650. The summed E-state index contributed by atoms with van der Waals surface area (Å²) in [4.78, 5) is 22.2. The molecule has 8 heteroatoms. The number of carbonyl (C=O) groups excluding carboxylic acids is 1. The van der Waals surface area contributed by atoms with Crippen LogP contribution in [0.3, 0.4) is 0 Å². The Labute approximate surface area is 148 Å². The fourth-order valence-corrected chi connectivity index (χ4v) is 2.62. The maximum absolute atomic E-state index is 13.2. The number of nitro groups is 1. The maximum Gasteiger partial charge on any atom is 0.314 e. The highest BCUT2D eigenvalue weighted by Crippen LogP contribution is 2.32.